The van der Waals surface area contributed by atoms with E-state index in [4.69, 9.17) is 0 Å². The van der Waals surface area contributed by atoms with Crippen LogP contribution in [0, 0.1) is 11.3 Å². The first kappa shape index (κ1) is 13.4. The molecule has 0 aromatic heterocycles. The highest BCUT2D eigenvalue weighted by atomic mass is 15.0. The van der Waals surface area contributed by atoms with Crippen molar-refractivity contribution in [1.82, 2.24) is 10.6 Å². The predicted octanol–water partition coefficient (Wildman–Crippen LogP) is 2.93. The maximum absolute atomic E-state index is 3.92. The molecular formula is C15H30N2. The Kier molecular flexibility index (Phi) is 4.14. The van der Waals surface area contributed by atoms with Gasteiger partial charge in [0.05, 0.1) is 0 Å². The fourth-order valence-corrected chi connectivity index (χ4v) is 3.51. The highest BCUT2D eigenvalue weighted by molar-refractivity contribution is 4.95. The quantitative estimate of drug-likeness (QED) is 0.787. The van der Waals surface area contributed by atoms with Crippen LogP contribution >= 0.6 is 0 Å². The molecule has 1 saturated carbocycles. The first-order valence-electron chi connectivity index (χ1n) is 7.52. The molecule has 1 aliphatic carbocycles. The van der Waals surface area contributed by atoms with Crippen molar-refractivity contribution in [2.75, 3.05) is 19.6 Å². The van der Waals surface area contributed by atoms with Gasteiger partial charge in [0, 0.05) is 18.6 Å². The van der Waals surface area contributed by atoms with E-state index in [1.165, 1.54) is 58.2 Å². The summed E-state index contributed by atoms with van der Waals surface area (Å²) in [5.74, 6) is 0.775. The lowest BCUT2D eigenvalue weighted by Gasteiger charge is -2.40. The number of rotatable bonds is 4. The average Bonchev–Trinajstić information content (AvgIpc) is 2.78. The summed E-state index contributed by atoms with van der Waals surface area (Å²) < 4.78 is 0. The van der Waals surface area contributed by atoms with E-state index in [2.05, 4.69) is 31.4 Å². The van der Waals surface area contributed by atoms with Crippen molar-refractivity contribution in [2.45, 2.75) is 64.8 Å². The van der Waals surface area contributed by atoms with Gasteiger partial charge in [0.2, 0.25) is 0 Å². The van der Waals surface area contributed by atoms with Crippen LogP contribution < -0.4 is 10.6 Å². The molecule has 2 aliphatic rings. The minimum atomic E-state index is 0.419. The molecule has 2 heteroatoms. The minimum Gasteiger partial charge on any atom is -0.316 e. The van der Waals surface area contributed by atoms with Crippen LogP contribution in [0.15, 0.2) is 0 Å². The summed E-state index contributed by atoms with van der Waals surface area (Å²) in [4.78, 5) is 0. The van der Waals surface area contributed by atoms with Crippen molar-refractivity contribution in [3.63, 3.8) is 0 Å². The molecule has 1 atom stereocenters. The zero-order chi connectivity index (χ0) is 12.4. The van der Waals surface area contributed by atoms with Gasteiger partial charge in [0.1, 0.15) is 0 Å². The second kappa shape index (κ2) is 5.27. The Balaban J connectivity index is 1.90. The van der Waals surface area contributed by atoms with Gasteiger partial charge in [0.15, 0.2) is 0 Å². The molecule has 1 saturated heterocycles. The zero-order valence-electron chi connectivity index (χ0n) is 11.9. The molecule has 2 N–H and O–H groups in total. The Bertz CT molecular complexity index is 235. The maximum Gasteiger partial charge on any atom is 0.0153 e. The Morgan fingerprint density at radius 3 is 2.35 bits per heavy atom. The lowest BCUT2D eigenvalue weighted by atomic mass is 9.75. The molecule has 0 bridgehead atoms. The van der Waals surface area contributed by atoms with Gasteiger partial charge in [-0.3, -0.25) is 0 Å². The number of hydrogen-bond acceptors (Lipinski definition) is 2. The summed E-state index contributed by atoms with van der Waals surface area (Å²) in [5.41, 5.74) is 0.920. The minimum absolute atomic E-state index is 0.419. The molecule has 0 spiro atoms. The average molecular weight is 238 g/mol. The Morgan fingerprint density at radius 1 is 1.12 bits per heavy atom. The molecule has 2 fully saturated rings. The molecule has 0 aromatic rings. The molecule has 1 unspecified atom stereocenters. The summed E-state index contributed by atoms with van der Waals surface area (Å²) >= 11 is 0. The van der Waals surface area contributed by atoms with E-state index < -0.39 is 0 Å². The summed E-state index contributed by atoms with van der Waals surface area (Å²) in [6, 6.07) is 0. The Hall–Kier alpha value is -0.0800. The molecule has 2 nitrogen and oxygen atoms in total. The summed E-state index contributed by atoms with van der Waals surface area (Å²) in [5, 5.41) is 7.48. The Morgan fingerprint density at radius 2 is 1.82 bits per heavy atom. The normalized spacial score (nSPS) is 33.2. The van der Waals surface area contributed by atoms with Gasteiger partial charge in [-0.05, 0) is 44.1 Å². The van der Waals surface area contributed by atoms with E-state index in [9.17, 15) is 0 Å². The van der Waals surface area contributed by atoms with Crippen LogP contribution in [0.25, 0.3) is 0 Å². The summed E-state index contributed by atoms with van der Waals surface area (Å²) in [6.07, 6.45) is 8.35. The largest absolute Gasteiger partial charge is 0.316 e. The SMILES string of the molecule is CC(C)C1(CNC2(C)CCCCC2)CCNC1. The third-order valence-corrected chi connectivity index (χ3v) is 5.33. The van der Waals surface area contributed by atoms with Gasteiger partial charge in [-0.15, -0.1) is 0 Å². The van der Waals surface area contributed by atoms with Crippen LogP contribution in [0.2, 0.25) is 0 Å². The van der Waals surface area contributed by atoms with Gasteiger partial charge in [0.25, 0.3) is 0 Å². The van der Waals surface area contributed by atoms with Crippen LogP contribution in [0.3, 0.4) is 0 Å². The van der Waals surface area contributed by atoms with Crippen LogP contribution in [0.1, 0.15) is 59.3 Å². The van der Waals surface area contributed by atoms with E-state index >= 15 is 0 Å². The van der Waals surface area contributed by atoms with Crippen LogP contribution in [-0.2, 0) is 0 Å². The summed E-state index contributed by atoms with van der Waals surface area (Å²) in [6.45, 7) is 10.8. The predicted molar refractivity (Wildman–Crippen MR) is 74.3 cm³/mol. The third kappa shape index (κ3) is 3.03. The van der Waals surface area contributed by atoms with Gasteiger partial charge < -0.3 is 10.6 Å². The van der Waals surface area contributed by atoms with Crippen LogP contribution in [0.5, 0.6) is 0 Å². The van der Waals surface area contributed by atoms with Gasteiger partial charge in [-0.1, -0.05) is 33.1 Å². The van der Waals surface area contributed by atoms with Crippen molar-refractivity contribution in [1.29, 1.82) is 0 Å². The van der Waals surface area contributed by atoms with Crippen LogP contribution in [0.4, 0.5) is 0 Å². The molecule has 1 heterocycles. The first-order chi connectivity index (χ1) is 8.06. The molecular weight excluding hydrogens is 208 g/mol. The maximum atomic E-state index is 3.92. The topological polar surface area (TPSA) is 24.1 Å². The standard InChI is InChI=1S/C15H30N2/c1-13(2)15(9-10-16-11-15)12-17-14(3)7-5-4-6-8-14/h13,16-17H,4-12H2,1-3H3. The zero-order valence-corrected chi connectivity index (χ0v) is 11.9. The number of hydrogen-bond donors (Lipinski definition) is 2. The summed E-state index contributed by atoms with van der Waals surface area (Å²) in [7, 11) is 0. The van der Waals surface area contributed by atoms with Crippen molar-refractivity contribution in [3.05, 3.63) is 0 Å². The Labute approximate surface area is 107 Å². The van der Waals surface area contributed by atoms with E-state index in [0.29, 0.717) is 11.0 Å². The fraction of sp³-hybridized carbons (Fsp3) is 1.00. The highest BCUT2D eigenvalue weighted by Crippen LogP contribution is 2.35. The van der Waals surface area contributed by atoms with Crippen molar-refractivity contribution in [3.8, 4) is 0 Å². The fourth-order valence-electron chi connectivity index (χ4n) is 3.51. The molecule has 0 amide bonds. The molecule has 0 aromatic carbocycles. The second-order valence-electron chi connectivity index (χ2n) is 6.92. The van der Waals surface area contributed by atoms with Gasteiger partial charge >= 0.3 is 0 Å². The van der Waals surface area contributed by atoms with Gasteiger partial charge in [-0.25, -0.2) is 0 Å². The van der Waals surface area contributed by atoms with E-state index in [1.807, 2.05) is 0 Å². The number of nitrogens with one attached hydrogen (secondary N) is 2. The van der Waals surface area contributed by atoms with Crippen molar-refractivity contribution in [2.24, 2.45) is 11.3 Å². The lowest BCUT2D eigenvalue weighted by molar-refractivity contribution is 0.160. The molecule has 0 radical (unpaired) electrons. The second-order valence-corrected chi connectivity index (χ2v) is 6.92. The smallest absolute Gasteiger partial charge is 0.0153 e. The van der Waals surface area contributed by atoms with Gasteiger partial charge in [-0.2, -0.15) is 0 Å². The van der Waals surface area contributed by atoms with Crippen molar-refractivity contribution < 1.29 is 0 Å². The molecule has 100 valence electrons. The first-order valence-corrected chi connectivity index (χ1v) is 7.52. The van der Waals surface area contributed by atoms with Crippen molar-refractivity contribution >= 4 is 0 Å². The lowest BCUT2D eigenvalue weighted by Crippen LogP contribution is -2.50. The third-order valence-electron chi connectivity index (χ3n) is 5.33. The molecule has 17 heavy (non-hydrogen) atoms. The van der Waals surface area contributed by atoms with E-state index in [1.54, 1.807) is 0 Å². The highest BCUT2D eigenvalue weighted by Gasteiger charge is 2.38. The molecule has 2 rings (SSSR count). The van der Waals surface area contributed by atoms with Crippen LogP contribution in [-0.4, -0.2) is 25.2 Å². The monoisotopic (exact) mass is 238 g/mol. The van der Waals surface area contributed by atoms with E-state index in [-0.39, 0.29) is 0 Å². The van der Waals surface area contributed by atoms with E-state index in [0.717, 1.165) is 5.92 Å². The molecule has 1 aliphatic heterocycles.